The fraction of sp³-hybridized carbons (Fsp3) is 0.625. The zero-order chi connectivity index (χ0) is 13.9. The lowest BCUT2D eigenvalue weighted by atomic mass is 9.95. The van der Waals surface area contributed by atoms with Crippen LogP contribution in [0.1, 0.15) is 26.7 Å². The van der Waals surface area contributed by atoms with Gasteiger partial charge in [-0.15, -0.1) is 0 Å². The summed E-state index contributed by atoms with van der Waals surface area (Å²) in [6.45, 7) is 6.99. The predicted octanol–water partition coefficient (Wildman–Crippen LogP) is 2.36. The van der Waals surface area contributed by atoms with Crippen molar-refractivity contribution in [3.8, 4) is 0 Å². The van der Waals surface area contributed by atoms with Crippen molar-refractivity contribution in [1.82, 2.24) is 4.90 Å². The van der Waals surface area contributed by atoms with Crippen molar-refractivity contribution < 1.29 is 5.11 Å². The Morgan fingerprint density at radius 2 is 1.95 bits per heavy atom. The summed E-state index contributed by atoms with van der Waals surface area (Å²) in [5, 5.41) is 9.39. The number of likely N-dealkylation sites (N-methyl/N-ethyl adjacent to an activating group) is 1. The second-order valence-corrected chi connectivity index (χ2v) is 6.20. The molecule has 0 aliphatic carbocycles. The van der Waals surface area contributed by atoms with Gasteiger partial charge in [0.15, 0.2) is 0 Å². The van der Waals surface area contributed by atoms with Gasteiger partial charge in [0.1, 0.15) is 0 Å². The highest BCUT2D eigenvalue weighted by Crippen LogP contribution is 2.32. The third-order valence-electron chi connectivity index (χ3n) is 4.14. The molecule has 1 aliphatic rings. The van der Waals surface area contributed by atoms with Gasteiger partial charge in [-0.05, 0) is 45.9 Å². The highest BCUT2D eigenvalue weighted by atomic mass is 16.3. The molecule has 3 nitrogen and oxygen atoms in total. The average molecular weight is 262 g/mol. The molecular formula is C16H26N2O. The van der Waals surface area contributed by atoms with Crippen LogP contribution in [-0.2, 0) is 0 Å². The second-order valence-electron chi connectivity index (χ2n) is 6.20. The SMILES string of the molecule is CN1CCC(C)(C)N(c2ccccc2)C(CCO)C1. The van der Waals surface area contributed by atoms with E-state index in [2.05, 4.69) is 61.0 Å². The third kappa shape index (κ3) is 3.28. The molecule has 106 valence electrons. The topological polar surface area (TPSA) is 26.7 Å². The van der Waals surface area contributed by atoms with Crippen LogP contribution in [0.4, 0.5) is 5.69 Å². The first-order chi connectivity index (χ1) is 9.04. The maximum absolute atomic E-state index is 9.39. The van der Waals surface area contributed by atoms with E-state index in [1.807, 2.05) is 0 Å². The van der Waals surface area contributed by atoms with E-state index in [1.54, 1.807) is 0 Å². The summed E-state index contributed by atoms with van der Waals surface area (Å²) in [6, 6.07) is 11.0. The summed E-state index contributed by atoms with van der Waals surface area (Å²) < 4.78 is 0. The fourth-order valence-electron chi connectivity index (χ4n) is 3.13. The molecule has 0 spiro atoms. The van der Waals surface area contributed by atoms with Gasteiger partial charge in [0.2, 0.25) is 0 Å². The maximum atomic E-state index is 9.39. The van der Waals surface area contributed by atoms with Crippen molar-refractivity contribution in [2.24, 2.45) is 0 Å². The summed E-state index contributed by atoms with van der Waals surface area (Å²) in [6.07, 6.45) is 1.96. The molecule has 1 N–H and O–H groups in total. The summed E-state index contributed by atoms with van der Waals surface area (Å²) >= 11 is 0. The Morgan fingerprint density at radius 3 is 2.58 bits per heavy atom. The lowest BCUT2D eigenvalue weighted by Gasteiger charge is -2.44. The number of nitrogens with zero attached hydrogens (tertiary/aromatic N) is 2. The lowest BCUT2D eigenvalue weighted by Crippen LogP contribution is -2.51. The number of hydrogen-bond donors (Lipinski definition) is 1. The first kappa shape index (κ1) is 14.4. The number of benzene rings is 1. The van der Waals surface area contributed by atoms with E-state index in [-0.39, 0.29) is 12.1 Å². The van der Waals surface area contributed by atoms with Crippen LogP contribution in [-0.4, -0.2) is 48.3 Å². The molecule has 19 heavy (non-hydrogen) atoms. The Morgan fingerprint density at radius 1 is 1.26 bits per heavy atom. The summed E-state index contributed by atoms with van der Waals surface area (Å²) in [4.78, 5) is 4.89. The van der Waals surface area contributed by atoms with E-state index in [0.717, 1.165) is 25.9 Å². The van der Waals surface area contributed by atoms with E-state index in [0.29, 0.717) is 6.04 Å². The number of aliphatic hydroxyl groups is 1. The van der Waals surface area contributed by atoms with Gasteiger partial charge >= 0.3 is 0 Å². The van der Waals surface area contributed by atoms with Gasteiger partial charge in [0.05, 0.1) is 0 Å². The van der Waals surface area contributed by atoms with Gasteiger partial charge in [0.25, 0.3) is 0 Å². The molecule has 0 aromatic heterocycles. The zero-order valence-corrected chi connectivity index (χ0v) is 12.3. The van der Waals surface area contributed by atoms with Gasteiger partial charge in [-0.25, -0.2) is 0 Å². The molecule has 1 aromatic carbocycles. The number of hydrogen-bond acceptors (Lipinski definition) is 3. The Balaban J connectivity index is 2.36. The number of para-hydroxylation sites is 1. The van der Waals surface area contributed by atoms with Crippen LogP contribution in [0.25, 0.3) is 0 Å². The summed E-state index contributed by atoms with van der Waals surface area (Å²) in [5.41, 5.74) is 1.38. The standard InChI is InChI=1S/C16H26N2O/c1-16(2)10-11-17(3)13-15(9-12-19)18(16)14-7-5-4-6-8-14/h4-8,15,19H,9-13H2,1-3H3. The minimum atomic E-state index is 0.117. The van der Waals surface area contributed by atoms with E-state index >= 15 is 0 Å². The monoisotopic (exact) mass is 262 g/mol. The normalized spacial score (nSPS) is 24.2. The van der Waals surface area contributed by atoms with Crippen LogP contribution < -0.4 is 4.90 Å². The first-order valence-electron chi connectivity index (χ1n) is 7.18. The van der Waals surface area contributed by atoms with Gasteiger partial charge in [-0.3, -0.25) is 0 Å². The van der Waals surface area contributed by atoms with Crippen molar-refractivity contribution in [1.29, 1.82) is 0 Å². The molecule has 1 saturated heterocycles. The molecule has 1 atom stereocenters. The first-order valence-corrected chi connectivity index (χ1v) is 7.18. The van der Waals surface area contributed by atoms with E-state index in [1.165, 1.54) is 5.69 Å². The van der Waals surface area contributed by atoms with Gasteiger partial charge in [0, 0.05) is 37.0 Å². The Hall–Kier alpha value is -1.06. The molecule has 0 bridgehead atoms. The number of anilines is 1. The largest absolute Gasteiger partial charge is 0.396 e. The smallest absolute Gasteiger partial charge is 0.0451 e. The quantitative estimate of drug-likeness (QED) is 0.906. The Bertz CT molecular complexity index is 391. The minimum Gasteiger partial charge on any atom is -0.396 e. The second kappa shape index (κ2) is 5.93. The highest BCUT2D eigenvalue weighted by Gasteiger charge is 2.35. The van der Waals surface area contributed by atoms with Crippen LogP contribution in [0.15, 0.2) is 30.3 Å². The number of aliphatic hydroxyl groups excluding tert-OH is 1. The highest BCUT2D eigenvalue weighted by molar-refractivity contribution is 5.50. The van der Waals surface area contributed by atoms with Gasteiger partial charge in [-0.1, -0.05) is 18.2 Å². The lowest BCUT2D eigenvalue weighted by molar-refractivity contribution is 0.251. The van der Waals surface area contributed by atoms with E-state index in [9.17, 15) is 5.11 Å². The van der Waals surface area contributed by atoms with E-state index in [4.69, 9.17) is 0 Å². The van der Waals surface area contributed by atoms with Crippen LogP contribution in [0.2, 0.25) is 0 Å². The molecule has 1 heterocycles. The van der Waals surface area contributed by atoms with Crippen LogP contribution >= 0.6 is 0 Å². The molecule has 0 radical (unpaired) electrons. The molecule has 0 saturated carbocycles. The van der Waals surface area contributed by atoms with Crippen molar-refractivity contribution in [2.45, 2.75) is 38.3 Å². The summed E-state index contributed by atoms with van der Waals surface area (Å²) in [5.74, 6) is 0. The van der Waals surface area contributed by atoms with E-state index < -0.39 is 0 Å². The van der Waals surface area contributed by atoms with Gasteiger partial charge < -0.3 is 14.9 Å². The van der Waals surface area contributed by atoms with Crippen LogP contribution in [0, 0.1) is 0 Å². The molecule has 1 aliphatic heterocycles. The molecule has 2 rings (SSSR count). The Kier molecular flexibility index (Phi) is 4.48. The predicted molar refractivity (Wildman–Crippen MR) is 80.6 cm³/mol. The van der Waals surface area contributed by atoms with Gasteiger partial charge in [-0.2, -0.15) is 0 Å². The zero-order valence-electron chi connectivity index (χ0n) is 12.3. The van der Waals surface area contributed by atoms with Crippen molar-refractivity contribution in [3.05, 3.63) is 30.3 Å². The molecule has 1 fully saturated rings. The molecule has 1 unspecified atom stereocenters. The maximum Gasteiger partial charge on any atom is 0.0451 e. The van der Waals surface area contributed by atoms with Crippen molar-refractivity contribution in [3.63, 3.8) is 0 Å². The average Bonchev–Trinajstić information content (AvgIpc) is 2.48. The Labute approximate surface area is 116 Å². The van der Waals surface area contributed by atoms with Crippen LogP contribution in [0.5, 0.6) is 0 Å². The minimum absolute atomic E-state index is 0.117. The molecule has 0 amide bonds. The molecule has 1 aromatic rings. The van der Waals surface area contributed by atoms with Crippen molar-refractivity contribution in [2.75, 3.05) is 31.6 Å². The molecular weight excluding hydrogens is 236 g/mol. The van der Waals surface area contributed by atoms with Crippen molar-refractivity contribution >= 4 is 5.69 Å². The number of rotatable bonds is 3. The molecule has 3 heteroatoms. The van der Waals surface area contributed by atoms with Crippen LogP contribution in [0.3, 0.4) is 0 Å². The third-order valence-corrected chi connectivity index (χ3v) is 4.14. The summed E-state index contributed by atoms with van der Waals surface area (Å²) in [7, 11) is 2.18. The fourth-order valence-corrected chi connectivity index (χ4v) is 3.13.